The molecule has 0 aliphatic carbocycles. The van der Waals surface area contributed by atoms with Gasteiger partial charge in [-0.3, -0.25) is 4.57 Å². The van der Waals surface area contributed by atoms with Crippen molar-refractivity contribution in [1.82, 2.24) is 9.55 Å². The van der Waals surface area contributed by atoms with Gasteiger partial charge in [-0.25, -0.2) is 4.79 Å². The zero-order valence-corrected chi connectivity index (χ0v) is 11.3. The molecule has 0 aliphatic rings. The maximum Gasteiger partial charge on any atom is 0.326 e. The van der Waals surface area contributed by atoms with Crippen LogP contribution in [-0.2, 0) is 6.54 Å². The number of aromatic nitrogens is 2. The number of alkyl halides is 1. The third-order valence-corrected chi connectivity index (χ3v) is 3.31. The Balaban J connectivity index is 2.38. The molecular weight excluding hydrogens is 284 g/mol. The Morgan fingerprint density at radius 2 is 2.24 bits per heavy atom. The van der Waals surface area contributed by atoms with Crippen molar-refractivity contribution in [2.45, 2.75) is 19.4 Å². The molecule has 0 bridgehead atoms. The fraction of sp³-hybridized carbons (Fsp3) is 0.417. The Morgan fingerprint density at radius 1 is 1.41 bits per heavy atom. The average molecular weight is 299 g/mol. The number of hydrogen-bond donors (Lipinski definition) is 1. The zero-order valence-electron chi connectivity index (χ0n) is 9.70. The van der Waals surface area contributed by atoms with Crippen molar-refractivity contribution in [2.24, 2.45) is 0 Å². The van der Waals surface area contributed by atoms with E-state index in [9.17, 15) is 4.79 Å². The molecule has 1 heterocycles. The zero-order chi connectivity index (χ0) is 12.3. The molecule has 4 nitrogen and oxygen atoms in total. The molecule has 5 heteroatoms. The van der Waals surface area contributed by atoms with E-state index in [1.807, 2.05) is 18.2 Å². The van der Waals surface area contributed by atoms with Crippen molar-refractivity contribution in [3.8, 4) is 5.75 Å². The number of methoxy groups -OCH3 is 1. The Kier molecular flexibility index (Phi) is 3.89. The van der Waals surface area contributed by atoms with Gasteiger partial charge in [-0.2, -0.15) is 0 Å². The summed E-state index contributed by atoms with van der Waals surface area (Å²) in [5, 5.41) is 0.966. The first-order valence-electron chi connectivity index (χ1n) is 5.59. The van der Waals surface area contributed by atoms with Crippen LogP contribution < -0.4 is 10.4 Å². The molecule has 1 aromatic heterocycles. The first-order valence-corrected chi connectivity index (χ1v) is 6.71. The van der Waals surface area contributed by atoms with Crippen molar-refractivity contribution >= 4 is 27.0 Å². The standard InChI is InChI=1S/C12H15BrN2O2/c1-17-9-4-5-10-11(8-9)15(12(16)14-10)7-3-2-6-13/h4-5,8H,2-3,6-7H2,1H3,(H,14,16). The normalized spacial score (nSPS) is 10.9. The fourth-order valence-electron chi connectivity index (χ4n) is 1.85. The first kappa shape index (κ1) is 12.2. The van der Waals surface area contributed by atoms with Crippen molar-refractivity contribution in [3.63, 3.8) is 0 Å². The van der Waals surface area contributed by atoms with E-state index in [1.54, 1.807) is 11.7 Å². The van der Waals surface area contributed by atoms with E-state index < -0.39 is 0 Å². The second-order valence-electron chi connectivity index (χ2n) is 3.86. The summed E-state index contributed by atoms with van der Waals surface area (Å²) in [6.07, 6.45) is 2.04. The fourth-order valence-corrected chi connectivity index (χ4v) is 2.24. The van der Waals surface area contributed by atoms with Gasteiger partial charge in [-0.1, -0.05) is 15.9 Å². The van der Waals surface area contributed by atoms with Crippen LogP contribution in [0.25, 0.3) is 11.0 Å². The Hall–Kier alpha value is -1.23. The molecule has 17 heavy (non-hydrogen) atoms. The van der Waals surface area contributed by atoms with Gasteiger partial charge in [0.05, 0.1) is 18.1 Å². The number of imidazole rings is 1. The smallest absolute Gasteiger partial charge is 0.326 e. The maximum atomic E-state index is 11.8. The number of aryl methyl sites for hydroxylation is 1. The van der Waals surface area contributed by atoms with Crippen LogP contribution in [-0.4, -0.2) is 22.0 Å². The minimum absolute atomic E-state index is 0.0529. The molecule has 1 N–H and O–H groups in total. The van der Waals surface area contributed by atoms with Crippen LogP contribution >= 0.6 is 15.9 Å². The van der Waals surface area contributed by atoms with E-state index in [-0.39, 0.29) is 5.69 Å². The van der Waals surface area contributed by atoms with Crippen LogP contribution in [0.15, 0.2) is 23.0 Å². The van der Waals surface area contributed by atoms with Gasteiger partial charge in [0.2, 0.25) is 0 Å². The summed E-state index contributed by atoms with van der Waals surface area (Å²) < 4.78 is 6.94. The molecule has 0 saturated heterocycles. The topological polar surface area (TPSA) is 47.0 Å². The highest BCUT2D eigenvalue weighted by Crippen LogP contribution is 2.18. The number of H-pyrrole nitrogens is 1. The number of hydrogen-bond acceptors (Lipinski definition) is 2. The van der Waals surface area contributed by atoms with E-state index in [2.05, 4.69) is 20.9 Å². The van der Waals surface area contributed by atoms with Gasteiger partial charge in [0.1, 0.15) is 5.75 Å². The predicted octanol–water partition coefficient (Wildman–Crippen LogP) is 2.51. The number of fused-ring (bicyclic) bond motifs is 1. The van der Waals surface area contributed by atoms with E-state index in [1.165, 1.54) is 0 Å². The molecule has 0 fully saturated rings. The largest absolute Gasteiger partial charge is 0.497 e. The number of nitrogens with zero attached hydrogens (tertiary/aromatic N) is 1. The summed E-state index contributed by atoms with van der Waals surface area (Å²) in [6, 6.07) is 5.61. The highest BCUT2D eigenvalue weighted by Gasteiger charge is 2.07. The van der Waals surface area contributed by atoms with Gasteiger partial charge in [-0.15, -0.1) is 0 Å². The van der Waals surface area contributed by atoms with Gasteiger partial charge < -0.3 is 9.72 Å². The lowest BCUT2D eigenvalue weighted by molar-refractivity contribution is 0.415. The van der Waals surface area contributed by atoms with Crippen molar-refractivity contribution in [2.75, 3.05) is 12.4 Å². The molecular formula is C12H15BrN2O2. The van der Waals surface area contributed by atoms with Gasteiger partial charge in [-0.05, 0) is 25.0 Å². The van der Waals surface area contributed by atoms with E-state index in [0.717, 1.165) is 41.5 Å². The predicted molar refractivity (Wildman–Crippen MR) is 72.1 cm³/mol. The second-order valence-corrected chi connectivity index (χ2v) is 4.65. The monoisotopic (exact) mass is 298 g/mol. The van der Waals surface area contributed by atoms with Gasteiger partial charge in [0, 0.05) is 17.9 Å². The molecule has 2 rings (SSSR count). The molecule has 0 unspecified atom stereocenters. The Morgan fingerprint density at radius 3 is 2.94 bits per heavy atom. The van der Waals surface area contributed by atoms with Crippen LogP contribution in [0.4, 0.5) is 0 Å². The van der Waals surface area contributed by atoms with Crippen LogP contribution in [0.5, 0.6) is 5.75 Å². The highest BCUT2D eigenvalue weighted by atomic mass is 79.9. The van der Waals surface area contributed by atoms with Crippen LogP contribution in [0.2, 0.25) is 0 Å². The molecule has 92 valence electrons. The van der Waals surface area contributed by atoms with Gasteiger partial charge in [0.15, 0.2) is 0 Å². The second kappa shape index (κ2) is 5.40. The third kappa shape index (κ3) is 2.54. The van der Waals surface area contributed by atoms with Crippen molar-refractivity contribution in [1.29, 1.82) is 0 Å². The minimum atomic E-state index is -0.0529. The maximum absolute atomic E-state index is 11.8. The number of aromatic amines is 1. The first-order chi connectivity index (χ1) is 8.26. The number of unbranched alkanes of at least 4 members (excludes halogenated alkanes) is 1. The number of halogens is 1. The number of benzene rings is 1. The number of nitrogens with one attached hydrogen (secondary N) is 1. The average Bonchev–Trinajstić information content (AvgIpc) is 2.65. The SMILES string of the molecule is COc1ccc2[nH]c(=O)n(CCCCBr)c2c1. The molecule has 2 aromatic rings. The van der Waals surface area contributed by atoms with Crippen LogP contribution in [0.3, 0.4) is 0 Å². The number of ether oxygens (including phenoxy) is 1. The van der Waals surface area contributed by atoms with Crippen molar-refractivity contribution in [3.05, 3.63) is 28.7 Å². The molecule has 0 amide bonds. The summed E-state index contributed by atoms with van der Waals surface area (Å²) in [5.41, 5.74) is 1.71. The Labute approximate surface area is 108 Å². The Bertz CT molecular complexity index is 559. The lowest BCUT2D eigenvalue weighted by Gasteiger charge is -2.03. The van der Waals surface area contributed by atoms with E-state index in [4.69, 9.17) is 4.74 Å². The van der Waals surface area contributed by atoms with Gasteiger partial charge in [0.25, 0.3) is 0 Å². The summed E-state index contributed by atoms with van der Waals surface area (Å²) in [6.45, 7) is 0.734. The van der Waals surface area contributed by atoms with E-state index in [0.29, 0.717) is 0 Å². The summed E-state index contributed by atoms with van der Waals surface area (Å²) in [7, 11) is 1.63. The van der Waals surface area contributed by atoms with Crippen molar-refractivity contribution < 1.29 is 4.74 Å². The third-order valence-electron chi connectivity index (χ3n) is 2.75. The summed E-state index contributed by atoms with van der Waals surface area (Å²) in [4.78, 5) is 14.6. The molecule has 0 atom stereocenters. The molecule has 0 aliphatic heterocycles. The van der Waals surface area contributed by atoms with Crippen LogP contribution in [0.1, 0.15) is 12.8 Å². The summed E-state index contributed by atoms with van der Waals surface area (Å²) >= 11 is 3.39. The minimum Gasteiger partial charge on any atom is -0.497 e. The quantitative estimate of drug-likeness (QED) is 0.681. The highest BCUT2D eigenvalue weighted by molar-refractivity contribution is 9.09. The lowest BCUT2D eigenvalue weighted by atomic mass is 10.3. The number of rotatable bonds is 5. The molecule has 1 aromatic carbocycles. The van der Waals surface area contributed by atoms with Gasteiger partial charge >= 0.3 is 5.69 Å². The lowest BCUT2D eigenvalue weighted by Crippen LogP contribution is -2.16. The molecule has 0 saturated carbocycles. The van der Waals surface area contributed by atoms with E-state index >= 15 is 0 Å². The molecule has 0 spiro atoms. The summed E-state index contributed by atoms with van der Waals surface area (Å²) in [5.74, 6) is 0.769. The van der Waals surface area contributed by atoms with Crippen LogP contribution in [0, 0.1) is 0 Å². The molecule has 0 radical (unpaired) electrons.